The van der Waals surface area contributed by atoms with Crippen molar-refractivity contribution in [3.8, 4) is 0 Å². The van der Waals surface area contributed by atoms with Crippen LogP contribution in [0.1, 0.15) is 113 Å². The van der Waals surface area contributed by atoms with Gasteiger partial charge in [-0.1, -0.05) is 73.5 Å². The van der Waals surface area contributed by atoms with Crippen molar-refractivity contribution in [1.29, 1.82) is 0 Å². The molecule has 0 radical (unpaired) electrons. The highest BCUT2D eigenvalue weighted by molar-refractivity contribution is 5.33. The topological polar surface area (TPSA) is 20.2 Å². The molecule has 5 rings (SSSR count). The van der Waals surface area contributed by atoms with Crippen LogP contribution in [-0.4, -0.2) is 11.2 Å². The molecule has 9 atom stereocenters. The van der Waals surface area contributed by atoms with Crippen LogP contribution in [0.25, 0.3) is 0 Å². The van der Waals surface area contributed by atoms with Crippen molar-refractivity contribution < 1.29 is 5.11 Å². The van der Waals surface area contributed by atoms with E-state index >= 15 is 0 Å². The smallest absolute Gasteiger partial charge is 0.0587 e. The van der Waals surface area contributed by atoms with Crippen LogP contribution in [0.15, 0.2) is 11.6 Å². The van der Waals surface area contributed by atoms with Gasteiger partial charge in [0.1, 0.15) is 0 Å². The second-order valence-corrected chi connectivity index (χ2v) is 14.8. The Hall–Kier alpha value is -0.300. The number of rotatable bonds is 1. The van der Waals surface area contributed by atoms with E-state index in [2.05, 4.69) is 61.5 Å². The van der Waals surface area contributed by atoms with Crippen LogP contribution in [-0.2, 0) is 0 Å². The predicted molar refractivity (Wildman–Crippen MR) is 131 cm³/mol. The minimum Gasteiger partial charge on any atom is -0.393 e. The van der Waals surface area contributed by atoms with Gasteiger partial charge in [0.05, 0.1) is 6.10 Å². The molecule has 0 heterocycles. The first-order chi connectivity index (χ1) is 14.3. The molecule has 0 aromatic carbocycles. The Labute approximate surface area is 192 Å². The molecule has 0 unspecified atom stereocenters. The molecule has 0 spiro atoms. The predicted octanol–water partition coefficient (Wildman–Crippen LogP) is 8.02. The summed E-state index contributed by atoms with van der Waals surface area (Å²) >= 11 is 0. The molecule has 31 heavy (non-hydrogen) atoms. The van der Waals surface area contributed by atoms with E-state index in [1.807, 2.05) is 0 Å². The van der Waals surface area contributed by atoms with Gasteiger partial charge in [-0.15, -0.1) is 0 Å². The van der Waals surface area contributed by atoms with Crippen molar-refractivity contribution in [2.75, 3.05) is 0 Å². The van der Waals surface area contributed by atoms with Crippen molar-refractivity contribution >= 4 is 0 Å². The van der Waals surface area contributed by atoms with E-state index in [-0.39, 0.29) is 16.9 Å². The first kappa shape index (κ1) is 22.5. The third kappa shape index (κ3) is 2.65. The molecular formula is C30H50O. The van der Waals surface area contributed by atoms with Crippen LogP contribution in [0, 0.1) is 56.7 Å². The quantitative estimate of drug-likeness (QED) is 0.421. The zero-order chi connectivity index (χ0) is 22.6. The molecule has 0 bridgehead atoms. The monoisotopic (exact) mass is 426 g/mol. The third-order valence-electron chi connectivity index (χ3n) is 12.9. The zero-order valence-electron chi connectivity index (χ0n) is 21.9. The molecule has 5 aliphatic rings. The van der Waals surface area contributed by atoms with Gasteiger partial charge in [0.25, 0.3) is 0 Å². The molecule has 1 nitrogen and oxygen atoms in total. The van der Waals surface area contributed by atoms with Gasteiger partial charge in [0.2, 0.25) is 0 Å². The number of fused-ring (bicyclic) bond motifs is 7. The molecule has 0 aromatic rings. The Morgan fingerprint density at radius 1 is 0.903 bits per heavy atom. The summed E-state index contributed by atoms with van der Waals surface area (Å²) in [5.41, 5.74) is 3.46. The summed E-state index contributed by atoms with van der Waals surface area (Å²) in [6.45, 7) is 20.4. The van der Waals surface area contributed by atoms with Crippen molar-refractivity contribution in [3.63, 3.8) is 0 Å². The Balaban J connectivity index is 1.58. The van der Waals surface area contributed by atoms with Gasteiger partial charge in [-0.25, -0.2) is 0 Å². The van der Waals surface area contributed by atoms with E-state index in [1.165, 1.54) is 51.4 Å². The minimum absolute atomic E-state index is 0.137. The van der Waals surface area contributed by atoms with Crippen molar-refractivity contribution in [3.05, 3.63) is 11.6 Å². The fourth-order valence-electron chi connectivity index (χ4n) is 11.5. The summed E-state index contributed by atoms with van der Waals surface area (Å²) in [5, 5.41) is 11.7. The average Bonchev–Trinajstić information content (AvgIpc) is 3.01. The summed E-state index contributed by atoms with van der Waals surface area (Å²) in [6.07, 6.45) is 14.4. The molecule has 4 saturated carbocycles. The Bertz CT molecular complexity index is 777. The van der Waals surface area contributed by atoms with Crippen molar-refractivity contribution in [2.45, 2.75) is 119 Å². The van der Waals surface area contributed by atoms with Crippen LogP contribution in [0.5, 0.6) is 0 Å². The zero-order valence-corrected chi connectivity index (χ0v) is 21.9. The number of aliphatic hydroxyl groups excluding tert-OH is 1. The number of allylic oxidation sites excluding steroid dienone is 2. The van der Waals surface area contributed by atoms with Crippen LogP contribution < -0.4 is 0 Å². The molecule has 176 valence electrons. The lowest BCUT2D eigenvalue weighted by Gasteiger charge is -2.69. The number of hydrogen-bond donors (Lipinski definition) is 1. The van der Waals surface area contributed by atoms with E-state index in [9.17, 15) is 5.11 Å². The Kier molecular flexibility index (Phi) is 4.82. The maximum Gasteiger partial charge on any atom is 0.0587 e. The lowest BCUT2D eigenvalue weighted by atomic mass is 9.35. The third-order valence-corrected chi connectivity index (χ3v) is 12.9. The molecule has 0 amide bonds. The molecular weight excluding hydrogens is 376 g/mol. The van der Waals surface area contributed by atoms with Gasteiger partial charge in [0.15, 0.2) is 0 Å². The summed E-state index contributed by atoms with van der Waals surface area (Å²) in [6, 6.07) is 0. The van der Waals surface area contributed by atoms with Gasteiger partial charge in [-0.05, 0) is 108 Å². The highest BCUT2D eigenvalue weighted by Crippen LogP contribution is 2.76. The van der Waals surface area contributed by atoms with E-state index in [4.69, 9.17) is 0 Å². The maximum atomic E-state index is 11.7. The van der Waals surface area contributed by atoms with E-state index in [1.54, 1.807) is 5.57 Å². The highest BCUT2D eigenvalue weighted by atomic mass is 16.3. The second-order valence-electron chi connectivity index (χ2n) is 14.8. The Morgan fingerprint density at radius 3 is 2.29 bits per heavy atom. The standard InChI is InChI=1S/C30H50O/c1-19(2)20-10-11-24-27(20,5)16-17-29(7)22-18-23(31)25-26(3,4)13-9-14-28(25,6)21(22)12-15-30(24,29)8/h12,19-20,22-25,31H,9-11,13-18H2,1-8H3/t20-,22+,23+,24-,25+,27-,28-,29-,30+/m1/s1. The lowest BCUT2D eigenvalue weighted by Crippen LogP contribution is -2.63. The van der Waals surface area contributed by atoms with E-state index in [0.717, 1.165) is 24.2 Å². The lowest BCUT2D eigenvalue weighted by molar-refractivity contribution is -0.176. The SMILES string of the molecule is CC(C)[C@H]1CC[C@@H]2[C@]1(C)CC[C@]1(C)[C@H]3C[C@H](O)[C@H]4C(C)(C)CCC[C@]4(C)C3=CC[C@@]21C. The van der Waals surface area contributed by atoms with Gasteiger partial charge >= 0.3 is 0 Å². The highest BCUT2D eigenvalue weighted by Gasteiger charge is 2.68. The van der Waals surface area contributed by atoms with Crippen molar-refractivity contribution in [2.24, 2.45) is 56.7 Å². The molecule has 0 aliphatic heterocycles. The molecule has 1 N–H and O–H groups in total. The molecule has 1 heteroatoms. The van der Waals surface area contributed by atoms with Gasteiger partial charge in [-0.2, -0.15) is 0 Å². The first-order valence-corrected chi connectivity index (χ1v) is 13.7. The van der Waals surface area contributed by atoms with Crippen LogP contribution in [0.3, 0.4) is 0 Å². The van der Waals surface area contributed by atoms with Crippen LogP contribution >= 0.6 is 0 Å². The summed E-state index contributed by atoms with van der Waals surface area (Å²) in [4.78, 5) is 0. The van der Waals surface area contributed by atoms with Crippen molar-refractivity contribution in [1.82, 2.24) is 0 Å². The largest absolute Gasteiger partial charge is 0.393 e. The normalized spacial score (nSPS) is 55.7. The van der Waals surface area contributed by atoms with Gasteiger partial charge < -0.3 is 5.11 Å². The fourth-order valence-corrected chi connectivity index (χ4v) is 11.5. The molecule has 5 aliphatic carbocycles. The summed E-state index contributed by atoms with van der Waals surface area (Å²) < 4.78 is 0. The number of aliphatic hydroxyl groups is 1. The van der Waals surface area contributed by atoms with E-state index in [0.29, 0.717) is 28.1 Å². The minimum atomic E-state index is -0.137. The first-order valence-electron chi connectivity index (χ1n) is 13.7. The van der Waals surface area contributed by atoms with Gasteiger partial charge in [0, 0.05) is 0 Å². The fraction of sp³-hybridized carbons (Fsp3) is 0.933. The number of hydrogen-bond acceptors (Lipinski definition) is 1. The summed E-state index contributed by atoms with van der Waals surface area (Å²) in [7, 11) is 0. The second kappa shape index (κ2) is 6.64. The summed E-state index contributed by atoms with van der Waals surface area (Å²) in [5.74, 6) is 3.55. The van der Waals surface area contributed by atoms with E-state index < -0.39 is 0 Å². The Morgan fingerprint density at radius 2 is 1.61 bits per heavy atom. The van der Waals surface area contributed by atoms with Crippen LogP contribution in [0.2, 0.25) is 0 Å². The molecule has 0 saturated heterocycles. The molecule has 4 fully saturated rings. The van der Waals surface area contributed by atoms with Gasteiger partial charge in [-0.3, -0.25) is 0 Å². The maximum absolute atomic E-state index is 11.7. The van der Waals surface area contributed by atoms with Crippen LogP contribution in [0.4, 0.5) is 0 Å². The average molecular weight is 427 g/mol. The molecule has 0 aromatic heterocycles.